The lowest BCUT2D eigenvalue weighted by atomic mass is 10.2. The standard InChI is InChI=1S/C23H27N5O5S/c1-3-21(29)24-18-6-10-20(11-7-18)34(30,31)28-14-12-27(13-15-28)16-22-25-23(26-33-22)17-4-8-19(32-2)9-5-17/h4-11H,3,12-16H2,1-2H3,(H,24,29). The second-order valence-corrected chi connectivity index (χ2v) is 9.78. The highest BCUT2D eigenvalue weighted by Gasteiger charge is 2.29. The number of anilines is 1. The maximum atomic E-state index is 13.0. The van der Waals surface area contributed by atoms with E-state index >= 15 is 0 Å². The first-order valence-electron chi connectivity index (χ1n) is 11.0. The Morgan fingerprint density at radius 2 is 1.74 bits per heavy atom. The fourth-order valence-electron chi connectivity index (χ4n) is 3.60. The number of carbonyl (C=O) groups is 1. The first-order valence-corrected chi connectivity index (χ1v) is 12.4. The van der Waals surface area contributed by atoms with E-state index in [4.69, 9.17) is 9.26 Å². The van der Waals surface area contributed by atoms with Gasteiger partial charge in [0.15, 0.2) is 0 Å². The van der Waals surface area contributed by atoms with E-state index in [1.807, 2.05) is 24.3 Å². The summed E-state index contributed by atoms with van der Waals surface area (Å²) in [5, 5.41) is 6.76. The second kappa shape index (κ2) is 10.3. The zero-order valence-electron chi connectivity index (χ0n) is 19.1. The van der Waals surface area contributed by atoms with Gasteiger partial charge in [-0.05, 0) is 48.5 Å². The van der Waals surface area contributed by atoms with Gasteiger partial charge < -0.3 is 14.6 Å². The smallest absolute Gasteiger partial charge is 0.243 e. The first kappa shape index (κ1) is 23.9. The van der Waals surface area contributed by atoms with E-state index in [2.05, 4.69) is 20.4 Å². The second-order valence-electron chi connectivity index (χ2n) is 7.85. The molecule has 180 valence electrons. The highest BCUT2D eigenvalue weighted by atomic mass is 32.2. The quantitative estimate of drug-likeness (QED) is 0.517. The first-order chi connectivity index (χ1) is 16.4. The van der Waals surface area contributed by atoms with Gasteiger partial charge in [-0.15, -0.1) is 0 Å². The maximum Gasteiger partial charge on any atom is 0.243 e. The Morgan fingerprint density at radius 1 is 1.06 bits per heavy atom. The van der Waals surface area contributed by atoms with E-state index in [9.17, 15) is 13.2 Å². The van der Waals surface area contributed by atoms with Crippen LogP contribution in [-0.2, 0) is 21.4 Å². The van der Waals surface area contributed by atoms with Crippen LogP contribution in [0.1, 0.15) is 19.2 Å². The van der Waals surface area contributed by atoms with Gasteiger partial charge >= 0.3 is 0 Å². The molecule has 2 aromatic carbocycles. The van der Waals surface area contributed by atoms with Crippen molar-refractivity contribution in [2.45, 2.75) is 24.8 Å². The minimum Gasteiger partial charge on any atom is -0.497 e. The molecule has 1 saturated heterocycles. The summed E-state index contributed by atoms with van der Waals surface area (Å²) in [6.07, 6.45) is 0.358. The lowest BCUT2D eigenvalue weighted by Gasteiger charge is -2.33. The van der Waals surface area contributed by atoms with Crippen LogP contribution in [0.25, 0.3) is 11.4 Å². The van der Waals surface area contributed by atoms with Gasteiger partial charge in [0, 0.05) is 43.9 Å². The Kier molecular flexibility index (Phi) is 7.25. The van der Waals surface area contributed by atoms with Crippen LogP contribution in [0.5, 0.6) is 5.75 Å². The van der Waals surface area contributed by atoms with Crippen molar-refractivity contribution in [1.29, 1.82) is 0 Å². The van der Waals surface area contributed by atoms with E-state index in [0.29, 0.717) is 56.5 Å². The predicted octanol–water partition coefficient (Wildman–Crippen LogP) is 2.60. The molecule has 1 fully saturated rings. The molecular formula is C23H27N5O5S. The molecule has 0 bridgehead atoms. The number of amides is 1. The molecular weight excluding hydrogens is 458 g/mol. The van der Waals surface area contributed by atoms with Crippen LogP contribution in [0.4, 0.5) is 5.69 Å². The van der Waals surface area contributed by atoms with Crippen molar-refractivity contribution in [3.63, 3.8) is 0 Å². The number of nitrogens with one attached hydrogen (secondary N) is 1. The van der Waals surface area contributed by atoms with Crippen LogP contribution in [0.2, 0.25) is 0 Å². The molecule has 3 aromatic rings. The number of sulfonamides is 1. The molecule has 1 aromatic heterocycles. The van der Waals surface area contributed by atoms with Gasteiger partial charge in [-0.1, -0.05) is 12.1 Å². The maximum absolute atomic E-state index is 13.0. The molecule has 2 heterocycles. The molecule has 34 heavy (non-hydrogen) atoms. The van der Waals surface area contributed by atoms with Crippen molar-refractivity contribution in [3.8, 4) is 17.1 Å². The van der Waals surface area contributed by atoms with E-state index in [1.165, 1.54) is 16.4 Å². The molecule has 4 rings (SSSR count). The number of nitrogens with zero attached hydrogens (tertiary/aromatic N) is 4. The van der Waals surface area contributed by atoms with Crippen LogP contribution in [0.3, 0.4) is 0 Å². The summed E-state index contributed by atoms with van der Waals surface area (Å²) in [4.78, 5) is 18.3. The molecule has 11 heteroatoms. The minimum absolute atomic E-state index is 0.121. The van der Waals surface area contributed by atoms with E-state index in [1.54, 1.807) is 26.2 Å². The molecule has 0 unspecified atom stereocenters. The third-order valence-corrected chi connectivity index (χ3v) is 7.52. The molecule has 10 nitrogen and oxygen atoms in total. The van der Waals surface area contributed by atoms with Crippen LogP contribution in [0, 0.1) is 0 Å². The van der Waals surface area contributed by atoms with Gasteiger partial charge in [-0.25, -0.2) is 8.42 Å². The lowest BCUT2D eigenvalue weighted by Crippen LogP contribution is -2.48. The number of benzene rings is 2. The minimum atomic E-state index is -3.61. The van der Waals surface area contributed by atoms with E-state index in [0.717, 1.165) is 11.3 Å². The summed E-state index contributed by atoms with van der Waals surface area (Å²) in [6, 6.07) is 13.6. The van der Waals surface area contributed by atoms with Gasteiger partial charge in [0.25, 0.3) is 0 Å². The number of ether oxygens (including phenoxy) is 1. The van der Waals surface area contributed by atoms with Gasteiger partial charge in [-0.2, -0.15) is 9.29 Å². The number of hydrogen-bond donors (Lipinski definition) is 1. The van der Waals surface area contributed by atoms with Crippen LogP contribution >= 0.6 is 0 Å². The third-order valence-electron chi connectivity index (χ3n) is 5.60. The molecule has 1 aliphatic heterocycles. The summed E-state index contributed by atoms with van der Waals surface area (Å²) in [6.45, 7) is 4.01. The largest absolute Gasteiger partial charge is 0.497 e. The Labute approximate surface area is 198 Å². The van der Waals surface area contributed by atoms with Gasteiger partial charge in [0.2, 0.25) is 27.6 Å². The molecule has 0 aliphatic carbocycles. The van der Waals surface area contributed by atoms with Crippen molar-refractivity contribution >= 4 is 21.6 Å². The Balaban J connectivity index is 1.33. The zero-order valence-corrected chi connectivity index (χ0v) is 19.9. The normalized spacial score (nSPS) is 15.2. The molecule has 0 spiro atoms. The Morgan fingerprint density at radius 3 is 2.35 bits per heavy atom. The molecule has 0 saturated carbocycles. The fraction of sp³-hybridized carbons (Fsp3) is 0.348. The summed E-state index contributed by atoms with van der Waals surface area (Å²) in [5.41, 5.74) is 1.40. The average Bonchev–Trinajstić information content (AvgIpc) is 3.33. The number of hydrogen-bond acceptors (Lipinski definition) is 8. The van der Waals surface area contributed by atoms with Crippen molar-refractivity contribution in [2.24, 2.45) is 0 Å². The number of piperazine rings is 1. The summed E-state index contributed by atoms with van der Waals surface area (Å²) >= 11 is 0. The van der Waals surface area contributed by atoms with Gasteiger partial charge in [0.05, 0.1) is 18.6 Å². The molecule has 1 aliphatic rings. The Hall–Kier alpha value is -3.28. The van der Waals surface area contributed by atoms with Gasteiger partial charge in [-0.3, -0.25) is 9.69 Å². The number of methoxy groups -OCH3 is 1. The Bertz CT molecular complexity index is 1220. The monoisotopic (exact) mass is 485 g/mol. The zero-order chi connectivity index (χ0) is 24.1. The highest BCUT2D eigenvalue weighted by molar-refractivity contribution is 7.89. The number of rotatable bonds is 8. The number of carbonyl (C=O) groups excluding carboxylic acids is 1. The van der Waals surface area contributed by atoms with Crippen molar-refractivity contribution in [1.82, 2.24) is 19.3 Å². The van der Waals surface area contributed by atoms with Crippen molar-refractivity contribution in [3.05, 3.63) is 54.4 Å². The molecule has 0 radical (unpaired) electrons. The topological polar surface area (TPSA) is 118 Å². The summed E-state index contributed by atoms with van der Waals surface area (Å²) < 4.78 is 38.1. The summed E-state index contributed by atoms with van der Waals surface area (Å²) in [5.74, 6) is 1.60. The van der Waals surface area contributed by atoms with Gasteiger partial charge in [0.1, 0.15) is 5.75 Å². The number of aromatic nitrogens is 2. The van der Waals surface area contributed by atoms with E-state index < -0.39 is 10.0 Å². The van der Waals surface area contributed by atoms with Crippen LogP contribution < -0.4 is 10.1 Å². The summed E-state index contributed by atoms with van der Waals surface area (Å²) in [7, 11) is -2.01. The predicted molar refractivity (Wildman–Crippen MR) is 126 cm³/mol. The average molecular weight is 486 g/mol. The molecule has 1 N–H and O–H groups in total. The SMILES string of the molecule is CCC(=O)Nc1ccc(S(=O)(=O)N2CCN(Cc3nc(-c4ccc(OC)cc4)no3)CC2)cc1. The lowest BCUT2D eigenvalue weighted by molar-refractivity contribution is -0.115. The van der Waals surface area contributed by atoms with Crippen molar-refractivity contribution < 1.29 is 22.5 Å². The van der Waals surface area contributed by atoms with Crippen molar-refractivity contribution in [2.75, 3.05) is 38.6 Å². The molecule has 1 amide bonds. The molecule has 0 atom stereocenters. The van der Waals surface area contributed by atoms with Crippen LogP contribution in [-0.4, -0.2) is 67.0 Å². The fourth-order valence-corrected chi connectivity index (χ4v) is 5.03. The van der Waals surface area contributed by atoms with E-state index in [-0.39, 0.29) is 10.8 Å². The third kappa shape index (κ3) is 5.44. The highest BCUT2D eigenvalue weighted by Crippen LogP contribution is 2.22. The van der Waals surface area contributed by atoms with Crippen LogP contribution in [0.15, 0.2) is 57.9 Å².